The number of nitrogens with zero attached hydrogens (tertiary/aromatic N) is 2. The number of benzene rings is 2. The predicted molar refractivity (Wildman–Crippen MR) is 111 cm³/mol. The molecular weight excluding hydrogens is 443 g/mol. The zero-order valence-corrected chi connectivity index (χ0v) is 17.7. The quantitative estimate of drug-likeness (QED) is 0.515. The van der Waals surface area contributed by atoms with E-state index in [1.165, 1.54) is 18.9 Å². The Hall–Kier alpha value is -4.02. The number of aromatic nitrogens is 2. The van der Waals surface area contributed by atoms with Gasteiger partial charge < -0.3 is 19.5 Å². The van der Waals surface area contributed by atoms with Gasteiger partial charge in [-0.3, -0.25) is 4.79 Å². The van der Waals surface area contributed by atoms with Gasteiger partial charge in [0, 0.05) is 11.8 Å². The van der Waals surface area contributed by atoms with E-state index in [2.05, 4.69) is 5.10 Å². The Kier molecular flexibility index (Phi) is 7.21. The maximum absolute atomic E-state index is 12.7. The maximum atomic E-state index is 12.7. The predicted octanol–water partition coefficient (Wildman–Crippen LogP) is 3.39. The van der Waals surface area contributed by atoms with Gasteiger partial charge in [0.1, 0.15) is 6.54 Å². The summed E-state index contributed by atoms with van der Waals surface area (Å²) in [4.78, 5) is 24.3. The average molecular weight is 463 g/mol. The van der Waals surface area contributed by atoms with Gasteiger partial charge in [-0.05, 0) is 29.8 Å². The fourth-order valence-electron chi connectivity index (χ4n) is 2.90. The van der Waals surface area contributed by atoms with Crippen LogP contribution in [0.2, 0.25) is 0 Å². The molecule has 0 atom stereocenters. The summed E-state index contributed by atoms with van der Waals surface area (Å²) in [6, 6.07) is 13.9. The van der Waals surface area contributed by atoms with E-state index in [0.29, 0.717) is 28.3 Å². The van der Waals surface area contributed by atoms with E-state index in [1.54, 1.807) is 54.0 Å². The second-order valence-corrected chi connectivity index (χ2v) is 6.71. The van der Waals surface area contributed by atoms with Crippen LogP contribution >= 0.6 is 0 Å². The smallest absolute Gasteiger partial charge is 0.405 e. The first-order valence-corrected chi connectivity index (χ1v) is 9.60. The van der Waals surface area contributed by atoms with Crippen molar-refractivity contribution in [2.24, 2.45) is 0 Å². The highest BCUT2D eigenvalue weighted by Crippen LogP contribution is 2.34. The number of amides is 1. The Labute approximate surface area is 186 Å². The first-order chi connectivity index (χ1) is 15.7. The molecule has 0 radical (unpaired) electrons. The van der Waals surface area contributed by atoms with Gasteiger partial charge in [0.25, 0.3) is 5.91 Å². The molecule has 0 fully saturated rings. The first kappa shape index (κ1) is 23.6. The molecule has 0 bridgehead atoms. The molecule has 33 heavy (non-hydrogen) atoms. The standard InChI is InChI=1S/C22H20F3N3O5/c1-31-17-9-8-14(10-18(17)32-2)16-11-28(15-6-4-3-5-7-15)27-20(16)21(30)33-12-19(29)26-13-22(23,24)25/h3-11H,12-13H2,1-2H3,(H,26,29). The fourth-order valence-corrected chi connectivity index (χ4v) is 2.90. The number of hydrogen-bond acceptors (Lipinski definition) is 6. The van der Waals surface area contributed by atoms with Gasteiger partial charge in [-0.1, -0.05) is 24.3 Å². The number of alkyl halides is 3. The van der Waals surface area contributed by atoms with Crippen LogP contribution in [0, 0.1) is 0 Å². The summed E-state index contributed by atoms with van der Waals surface area (Å²) >= 11 is 0. The van der Waals surface area contributed by atoms with Crippen molar-refractivity contribution in [3.63, 3.8) is 0 Å². The normalized spacial score (nSPS) is 11.1. The number of rotatable bonds is 8. The number of esters is 1. The van der Waals surface area contributed by atoms with Crippen LogP contribution in [-0.2, 0) is 9.53 Å². The average Bonchev–Trinajstić information content (AvgIpc) is 3.26. The lowest BCUT2D eigenvalue weighted by atomic mass is 10.1. The Bertz CT molecular complexity index is 1130. The van der Waals surface area contributed by atoms with Gasteiger partial charge in [-0.2, -0.15) is 18.3 Å². The number of carbonyl (C=O) groups excluding carboxylic acids is 2. The van der Waals surface area contributed by atoms with Gasteiger partial charge >= 0.3 is 12.1 Å². The number of nitrogens with one attached hydrogen (secondary N) is 1. The van der Waals surface area contributed by atoms with Gasteiger partial charge in [-0.15, -0.1) is 0 Å². The van der Waals surface area contributed by atoms with Crippen molar-refractivity contribution in [3.8, 4) is 28.3 Å². The Balaban J connectivity index is 1.90. The van der Waals surface area contributed by atoms with Crippen molar-refractivity contribution in [2.75, 3.05) is 27.4 Å². The molecular formula is C22H20F3N3O5. The van der Waals surface area contributed by atoms with E-state index in [-0.39, 0.29) is 5.69 Å². The molecule has 0 spiro atoms. The number of halogens is 3. The molecule has 3 aromatic rings. The summed E-state index contributed by atoms with van der Waals surface area (Å²) < 4.78 is 53.6. The third-order valence-electron chi connectivity index (χ3n) is 4.44. The molecule has 0 aliphatic carbocycles. The lowest BCUT2D eigenvalue weighted by Gasteiger charge is -2.10. The molecule has 0 saturated carbocycles. The summed E-state index contributed by atoms with van der Waals surface area (Å²) in [6.45, 7) is -2.42. The molecule has 0 aliphatic rings. The molecule has 174 valence electrons. The maximum Gasteiger partial charge on any atom is 0.405 e. The van der Waals surface area contributed by atoms with Gasteiger partial charge in [0.15, 0.2) is 23.8 Å². The molecule has 11 heteroatoms. The minimum atomic E-state index is -4.57. The van der Waals surface area contributed by atoms with Crippen LogP contribution in [-0.4, -0.2) is 55.2 Å². The highest BCUT2D eigenvalue weighted by Gasteiger charge is 2.28. The highest BCUT2D eigenvalue weighted by molar-refractivity contribution is 5.96. The molecule has 1 aromatic heterocycles. The highest BCUT2D eigenvalue weighted by atomic mass is 19.4. The van der Waals surface area contributed by atoms with E-state index in [0.717, 1.165) is 0 Å². The molecule has 0 aliphatic heterocycles. The van der Waals surface area contributed by atoms with Crippen molar-refractivity contribution in [2.45, 2.75) is 6.18 Å². The SMILES string of the molecule is COc1ccc(-c2cn(-c3ccccc3)nc2C(=O)OCC(=O)NCC(F)(F)F)cc1OC. The molecule has 8 nitrogen and oxygen atoms in total. The number of methoxy groups -OCH3 is 2. The molecule has 0 unspecified atom stereocenters. The van der Waals surface area contributed by atoms with Crippen molar-refractivity contribution in [1.82, 2.24) is 15.1 Å². The number of hydrogen-bond donors (Lipinski definition) is 1. The van der Waals surface area contributed by atoms with Crippen LogP contribution in [0.1, 0.15) is 10.5 Å². The van der Waals surface area contributed by atoms with Gasteiger partial charge in [0.05, 0.1) is 19.9 Å². The van der Waals surface area contributed by atoms with E-state index in [4.69, 9.17) is 14.2 Å². The molecule has 1 amide bonds. The Morgan fingerprint density at radius 2 is 1.73 bits per heavy atom. The minimum absolute atomic E-state index is 0.130. The molecule has 1 heterocycles. The van der Waals surface area contributed by atoms with Gasteiger partial charge in [-0.25, -0.2) is 9.48 Å². The fraction of sp³-hybridized carbons (Fsp3) is 0.227. The van der Waals surface area contributed by atoms with Crippen LogP contribution in [0.5, 0.6) is 11.5 Å². The largest absolute Gasteiger partial charge is 0.493 e. The first-order valence-electron chi connectivity index (χ1n) is 9.60. The van der Waals surface area contributed by atoms with E-state index >= 15 is 0 Å². The molecule has 3 rings (SSSR count). The summed E-state index contributed by atoms with van der Waals surface area (Å²) in [5.74, 6) is -1.18. The lowest BCUT2D eigenvalue weighted by Crippen LogP contribution is -2.36. The van der Waals surface area contributed by atoms with Crippen molar-refractivity contribution in [1.29, 1.82) is 0 Å². The van der Waals surface area contributed by atoms with Crippen LogP contribution in [0.25, 0.3) is 16.8 Å². The summed E-state index contributed by atoms with van der Waals surface area (Å²) in [5.41, 5.74) is 1.43. The van der Waals surface area contributed by atoms with E-state index in [9.17, 15) is 22.8 Å². The van der Waals surface area contributed by atoms with Crippen LogP contribution in [0.3, 0.4) is 0 Å². The third-order valence-corrected chi connectivity index (χ3v) is 4.44. The topological polar surface area (TPSA) is 91.7 Å². The zero-order chi connectivity index (χ0) is 24.0. The molecule has 0 saturated heterocycles. The van der Waals surface area contributed by atoms with Crippen LogP contribution < -0.4 is 14.8 Å². The van der Waals surface area contributed by atoms with Crippen LogP contribution in [0.15, 0.2) is 54.7 Å². The zero-order valence-electron chi connectivity index (χ0n) is 17.7. The van der Waals surface area contributed by atoms with Crippen molar-refractivity contribution in [3.05, 3.63) is 60.4 Å². The number of carbonyl (C=O) groups is 2. The van der Waals surface area contributed by atoms with Crippen LogP contribution in [0.4, 0.5) is 13.2 Å². The number of para-hydroxylation sites is 1. The minimum Gasteiger partial charge on any atom is -0.493 e. The van der Waals surface area contributed by atoms with E-state index in [1.807, 2.05) is 6.07 Å². The monoisotopic (exact) mass is 463 g/mol. The number of ether oxygens (including phenoxy) is 3. The van der Waals surface area contributed by atoms with Crippen molar-refractivity contribution >= 4 is 11.9 Å². The Morgan fingerprint density at radius 1 is 1.03 bits per heavy atom. The second-order valence-electron chi connectivity index (χ2n) is 6.71. The third kappa shape index (κ3) is 6.03. The van der Waals surface area contributed by atoms with Gasteiger partial charge in [0.2, 0.25) is 0 Å². The van der Waals surface area contributed by atoms with Crippen molar-refractivity contribution < 1.29 is 37.0 Å². The summed E-state index contributed by atoms with van der Waals surface area (Å²) in [5, 5.41) is 5.91. The molecule has 1 N–H and O–H groups in total. The summed E-state index contributed by atoms with van der Waals surface area (Å²) in [6.07, 6.45) is -2.98. The second kappa shape index (κ2) is 10.1. The summed E-state index contributed by atoms with van der Waals surface area (Å²) in [7, 11) is 2.95. The lowest BCUT2D eigenvalue weighted by molar-refractivity contribution is -0.140. The van der Waals surface area contributed by atoms with E-state index < -0.39 is 31.2 Å². The molecule has 2 aromatic carbocycles. The Morgan fingerprint density at radius 3 is 2.36 bits per heavy atom.